The molecule has 0 saturated heterocycles. The molecule has 1 heterocycles. The molecule has 0 fully saturated rings. The van der Waals surface area contributed by atoms with Crippen LogP contribution in [0.25, 0.3) is 22.3 Å². The Morgan fingerprint density at radius 1 is 0.727 bits per heavy atom. The minimum atomic E-state index is 0.570. The van der Waals surface area contributed by atoms with Crippen molar-refractivity contribution in [2.75, 3.05) is 0 Å². The molecule has 3 aromatic carbocycles. The van der Waals surface area contributed by atoms with E-state index in [0.717, 1.165) is 5.75 Å². The Kier molecular flexibility index (Phi) is 10.9. The van der Waals surface area contributed by atoms with Gasteiger partial charge in [-0.15, -0.1) is 0 Å². The van der Waals surface area contributed by atoms with E-state index in [2.05, 4.69) is 106 Å². The van der Waals surface area contributed by atoms with Crippen LogP contribution in [0.4, 0.5) is 0 Å². The third-order valence-electron chi connectivity index (χ3n) is 5.38. The van der Waals surface area contributed by atoms with E-state index in [1.54, 1.807) is 11.3 Å². The molecule has 2 heteroatoms. The molecule has 0 saturated carbocycles. The molecule has 0 aliphatic rings. The number of hydrogen-bond donors (Lipinski definition) is 0. The average molecular weight is 459 g/mol. The molecular formula is C31H38OS. The molecule has 0 spiro atoms. The monoisotopic (exact) mass is 458 g/mol. The Morgan fingerprint density at radius 2 is 1.27 bits per heavy atom. The van der Waals surface area contributed by atoms with Gasteiger partial charge in [0.25, 0.3) is 0 Å². The number of thiophene rings is 1. The van der Waals surface area contributed by atoms with Crippen molar-refractivity contribution in [3.05, 3.63) is 99.7 Å². The fourth-order valence-corrected chi connectivity index (χ4v) is 4.41. The minimum Gasteiger partial charge on any atom is -0.488 e. The van der Waals surface area contributed by atoms with E-state index in [0.29, 0.717) is 6.61 Å². The van der Waals surface area contributed by atoms with Crippen molar-refractivity contribution in [2.45, 2.75) is 61.5 Å². The molecule has 1 aromatic heterocycles. The van der Waals surface area contributed by atoms with E-state index in [-0.39, 0.29) is 0 Å². The maximum absolute atomic E-state index is 6.36. The highest BCUT2D eigenvalue weighted by Gasteiger charge is 2.18. The maximum atomic E-state index is 6.36. The van der Waals surface area contributed by atoms with Gasteiger partial charge < -0.3 is 4.74 Å². The number of aryl methyl sites for hydroxylation is 1. The fraction of sp³-hybridized carbons (Fsp3) is 0.290. The Hall–Kier alpha value is -2.84. The van der Waals surface area contributed by atoms with Crippen LogP contribution in [0.1, 0.15) is 56.4 Å². The summed E-state index contributed by atoms with van der Waals surface area (Å²) in [5.41, 5.74) is 10.0. The first kappa shape index (κ1) is 26.4. The summed E-state index contributed by atoms with van der Waals surface area (Å²) in [4.78, 5) is 0. The largest absolute Gasteiger partial charge is 0.488 e. The topological polar surface area (TPSA) is 9.23 Å². The summed E-state index contributed by atoms with van der Waals surface area (Å²) in [5.74, 6) is 0.958. The molecule has 0 amide bonds. The second-order valence-corrected chi connectivity index (χ2v) is 8.61. The first-order valence-electron chi connectivity index (χ1n) is 12.0. The molecule has 0 bridgehead atoms. The van der Waals surface area contributed by atoms with Crippen LogP contribution in [0.3, 0.4) is 0 Å². The average Bonchev–Trinajstić information content (AvgIpc) is 3.33. The van der Waals surface area contributed by atoms with Gasteiger partial charge in [0.05, 0.1) is 0 Å². The fourth-order valence-electron chi connectivity index (χ4n) is 3.56. The normalized spacial score (nSPS) is 9.91. The van der Waals surface area contributed by atoms with Gasteiger partial charge >= 0.3 is 0 Å². The van der Waals surface area contributed by atoms with Gasteiger partial charge in [0.15, 0.2) is 0 Å². The number of ether oxygens (including phenoxy) is 1. The summed E-state index contributed by atoms with van der Waals surface area (Å²) in [6.07, 6.45) is 1.25. The second kappa shape index (κ2) is 13.6. The second-order valence-electron chi connectivity index (χ2n) is 7.86. The lowest BCUT2D eigenvalue weighted by Gasteiger charge is -2.19. The highest BCUT2D eigenvalue weighted by Crippen LogP contribution is 2.43. The molecule has 4 rings (SSSR count). The predicted octanol–water partition coefficient (Wildman–Crippen LogP) is 10.0. The highest BCUT2D eigenvalue weighted by atomic mass is 32.1. The van der Waals surface area contributed by atoms with Gasteiger partial charge in [0.1, 0.15) is 12.4 Å². The maximum Gasteiger partial charge on any atom is 0.128 e. The van der Waals surface area contributed by atoms with Crippen molar-refractivity contribution >= 4 is 11.3 Å². The summed E-state index contributed by atoms with van der Waals surface area (Å²) in [5, 5.41) is 4.48. The molecule has 0 N–H and O–H groups in total. The van der Waals surface area contributed by atoms with E-state index >= 15 is 0 Å². The summed E-state index contributed by atoms with van der Waals surface area (Å²) in [6, 6.07) is 23.1. The van der Waals surface area contributed by atoms with Crippen molar-refractivity contribution in [1.82, 2.24) is 0 Å². The van der Waals surface area contributed by atoms with Crippen LogP contribution in [-0.2, 0) is 6.61 Å². The molecule has 33 heavy (non-hydrogen) atoms. The predicted molar refractivity (Wildman–Crippen MR) is 147 cm³/mol. The first-order valence-corrected chi connectivity index (χ1v) is 12.9. The van der Waals surface area contributed by atoms with Gasteiger partial charge in [0, 0.05) is 16.7 Å². The van der Waals surface area contributed by atoms with E-state index in [1.807, 2.05) is 19.9 Å². The quantitative estimate of drug-likeness (QED) is 0.289. The van der Waals surface area contributed by atoms with Crippen LogP contribution in [0.2, 0.25) is 0 Å². The number of benzene rings is 3. The van der Waals surface area contributed by atoms with Gasteiger partial charge in [-0.25, -0.2) is 0 Å². The third kappa shape index (κ3) is 6.82. The zero-order valence-electron chi connectivity index (χ0n) is 21.2. The Balaban J connectivity index is 0.000000714. The summed E-state index contributed by atoms with van der Waals surface area (Å²) < 4.78 is 6.36. The molecule has 0 unspecified atom stereocenters. The van der Waals surface area contributed by atoms with Crippen LogP contribution in [0, 0.1) is 20.8 Å². The minimum absolute atomic E-state index is 0.570. The van der Waals surface area contributed by atoms with Crippen LogP contribution in [0.15, 0.2) is 77.5 Å². The van der Waals surface area contributed by atoms with Crippen molar-refractivity contribution in [2.24, 2.45) is 0 Å². The Bertz CT molecular complexity index is 1090. The molecule has 1 nitrogen and oxygen atoms in total. The van der Waals surface area contributed by atoms with E-state index in [4.69, 9.17) is 4.74 Å². The van der Waals surface area contributed by atoms with Crippen molar-refractivity contribution in [1.29, 1.82) is 0 Å². The smallest absolute Gasteiger partial charge is 0.128 e. The lowest BCUT2D eigenvalue weighted by molar-refractivity contribution is 0.307. The lowest BCUT2D eigenvalue weighted by atomic mass is 9.91. The van der Waals surface area contributed by atoms with Gasteiger partial charge in [-0.3, -0.25) is 0 Å². The van der Waals surface area contributed by atoms with E-state index < -0.39 is 0 Å². The Labute approximate surface area is 205 Å². The van der Waals surface area contributed by atoms with Crippen molar-refractivity contribution < 1.29 is 4.74 Å². The number of hydrogen-bond acceptors (Lipinski definition) is 2. The zero-order valence-corrected chi connectivity index (χ0v) is 22.1. The van der Waals surface area contributed by atoms with Crippen LogP contribution >= 0.6 is 11.3 Å². The summed E-state index contributed by atoms with van der Waals surface area (Å²) in [6.45, 7) is 15.4. The van der Waals surface area contributed by atoms with E-state index in [1.165, 1.54) is 50.9 Å². The molecule has 0 radical (unpaired) electrons. The van der Waals surface area contributed by atoms with Crippen LogP contribution in [0.5, 0.6) is 5.75 Å². The van der Waals surface area contributed by atoms with Gasteiger partial charge in [-0.2, -0.15) is 11.3 Å². The first-order chi connectivity index (χ1) is 16.1. The molecule has 0 aliphatic heterocycles. The van der Waals surface area contributed by atoms with Gasteiger partial charge in [-0.05, 0) is 65.4 Å². The zero-order chi connectivity index (χ0) is 24.2. The SMILES string of the molecule is CC.CCC.Cc1cc(OCc2ccccc2)c(-c2cscc2-c2ccccc2)c(C)c1C. The van der Waals surface area contributed by atoms with Crippen LogP contribution < -0.4 is 4.74 Å². The Morgan fingerprint density at radius 3 is 1.88 bits per heavy atom. The summed E-state index contributed by atoms with van der Waals surface area (Å²) >= 11 is 1.74. The van der Waals surface area contributed by atoms with Crippen molar-refractivity contribution in [3.63, 3.8) is 0 Å². The molecule has 0 aliphatic carbocycles. The molecule has 0 atom stereocenters. The molecule has 174 valence electrons. The van der Waals surface area contributed by atoms with Gasteiger partial charge in [-0.1, -0.05) is 94.8 Å². The molecule has 4 aromatic rings. The lowest BCUT2D eigenvalue weighted by Crippen LogP contribution is -2.01. The van der Waals surface area contributed by atoms with Gasteiger partial charge in [0.2, 0.25) is 0 Å². The van der Waals surface area contributed by atoms with Crippen LogP contribution in [-0.4, -0.2) is 0 Å². The molecular weight excluding hydrogens is 420 g/mol. The summed E-state index contributed by atoms with van der Waals surface area (Å²) in [7, 11) is 0. The standard InChI is InChI=1S/C26H24OS.C3H8.C2H6/c1-18-14-25(27-15-21-10-6-4-7-11-21)26(20(3)19(18)2)24-17-28-16-23(24)22-12-8-5-9-13-22;1-3-2;1-2/h4-14,16-17H,15H2,1-3H3;3H2,1-2H3;1-2H3. The number of rotatable bonds is 5. The van der Waals surface area contributed by atoms with E-state index in [9.17, 15) is 0 Å². The van der Waals surface area contributed by atoms with Crippen molar-refractivity contribution in [3.8, 4) is 28.0 Å². The highest BCUT2D eigenvalue weighted by molar-refractivity contribution is 7.08. The third-order valence-corrected chi connectivity index (χ3v) is 6.12.